The zero-order valence-corrected chi connectivity index (χ0v) is 9.55. The molecule has 7 heteroatoms. The van der Waals surface area contributed by atoms with Gasteiger partial charge >= 0.3 is 0 Å². The molecule has 0 saturated heterocycles. The number of nitrogens with one attached hydrogen (secondary N) is 2. The number of amides is 1. The monoisotopic (exact) mass is 254 g/mol. The molecular formula is C10H8ClFN4O. The van der Waals surface area contributed by atoms with E-state index in [1.807, 2.05) is 0 Å². The largest absolute Gasteiger partial charge is 0.315 e. The Bertz CT molecular complexity index is 549. The van der Waals surface area contributed by atoms with Gasteiger partial charge in [-0.2, -0.15) is 0 Å². The number of rotatable bonds is 2. The molecule has 0 aliphatic heterocycles. The second-order valence-corrected chi connectivity index (χ2v) is 3.70. The van der Waals surface area contributed by atoms with Gasteiger partial charge in [0, 0.05) is 0 Å². The Balaban J connectivity index is 2.24. The summed E-state index contributed by atoms with van der Waals surface area (Å²) in [7, 11) is 0. The molecule has 5 nitrogen and oxygen atoms in total. The predicted octanol–water partition coefficient (Wildman–Crippen LogP) is 2.16. The van der Waals surface area contributed by atoms with E-state index in [1.165, 1.54) is 18.2 Å². The van der Waals surface area contributed by atoms with Gasteiger partial charge in [0.15, 0.2) is 0 Å². The number of carbonyl (C=O) groups is 1. The highest BCUT2D eigenvalue weighted by atomic mass is 35.5. The van der Waals surface area contributed by atoms with Crippen molar-refractivity contribution in [2.45, 2.75) is 6.92 Å². The van der Waals surface area contributed by atoms with Crippen LogP contribution in [0, 0.1) is 12.7 Å². The van der Waals surface area contributed by atoms with Gasteiger partial charge in [0.25, 0.3) is 5.91 Å². The molecule has 1 amide bonds. The lowest BCUT2D eigenvalue weighted by Gasteiger charge is -2.05. The summed E-state index contributed by atoms with van der Waals surface area (Å²) >= 11 is 5.76. The number of halogens is 2. The molecule has 0 unspecified atom stereocenters. The van der Waals surface area contributed by atoms with Crippen LogP contribution in [0.25, 0.3) is 0 Å². The topological polar surface area (TPSA) is 70.7 Å². The predicted molar refractivity (Wildman–Crippen MR) is 60.5 cm³/mol. The summed E-state index contributed by atoms with van der Waals surface area (Å²) in [4.78, 5) is 15.5. The molecule has 1 aromatic carbocycles. The van der Waals surface area contributed by atoms with Gasteiger partial charge in [-0.25, -0.2) is 9.37 Å². The fourth-order valence-corrected chi connectivity index (χ4v) is 1.44. The summed E-state index contributed by atoms with van der Waals surface area (Å²) in [6.07, 6.45) is 0. The lowest BCUT2D eigenvalue weighted by Crippen LogP contribution is -2.15. The number of para-hydroxylation sites is 1. The molecule has 2 N–H and O–H groups in total. The number of benzene rings is 1. The van der Waals surface area contributed by atoms with Gasteiger partial charge in [0.05, 0.1) is 10.7 Å². The van der Waals surface area contributed by atoms with Gasteiger partial charge < -0.3 is 5.32 Å². The molecule has 0 saturated carbocycles. The number of hydrogen-bond acceptors (Lipinski definition) is 3. The number of aromatic amines is 1. The molecule has 0 bridgehead atoms. The standard InChI is InChI=1S/C10H8ClFN4O/c1-5-13-9(16-15-5)10(17)14-8-6(11)3-2-4-7(8)12/h2-4H,1H3,(H,14,17)(H,13,15,16). The number of carbonyl (C=O) groups excluding carboxylic acids is 1. The zero-order chi connectivity index (χ0) is 12.4. The third kappa shape index (κ3) is 2.42. The van der Waals surface area contributed by atoms with E-state index in [0.29, 0.717) is 5.82 Å². The lowest BCUT2D eigenvalue weighted by atomic mass is 10.3. The number of nitrogens with zero attached hydrogens (tertiary/aromatic N) is 2. The Hall–Kier alpha value is -1.95. The Morgan fingerprint density at radius 3 is 2.88 bits per heavy atom. The van der Waals surface area contributed by atoms with Gasteiger partial charge in [-0.1, -0.05) is 17.7 Å². The maximum Gasteiger partial charge on any atom is 0.295 e. The van der Waals surface area contributed by atoms with Gasteiger partial charge in [0.1, 0.15) is 11.6 Å². The fourth-order valence-electron chi connectivity index (χ4n) is 1.23. The second kappa shape index (κ2) is 4.50. The van der Waals surface area contributed by atoms with Crippen molar-refractivity contribution >= 4 is 23.2 Å². The highest BCUT2D eigenvalue weighted by molar-refractivity contribution is 6.33. The SMILES string of the molecule is Cc1nc(C(=O)Nc2c(F)cccc2Cl)n[nH]1. The highest BCUT2D eigenvalue weighted by Gasteiger charge is 2.15. The molecule has 2 rings (SSSR count). The van der Waals surface area contributed by atoms with Crippen LogP contribution in [0.5, 0.6) is 0 Å². The van der Waals surface area contributed by atoms with E-state index in [4.69, 9.17) is 11.6 Å². The molecule has 2 aromatic rings. The normalized spacial score (nSPS) is 10.3. The molecule has 0 radical (unpaired) electrons. The lowest BCUT2D eigenvalue weighted by molar-refractivity contribution is 0.101. The van der Waals surface area contributed by atoms with Crippen LogP contribution in [0.1, 0.15) is 16.4 Å². The molecule has 17 heavy (non-hydrogen) atoms. The van der Waals surface area contributed by atoms with Crippen LogP contribution in [0.2, 0.25) is 5.02 Å². The summed E-state index contributed by atoms with van der Waals surface area (Å²) in [5, 5.41) is 8.61. The van der Waals surface area contributed by atoms with E-state index in [-0.39, 0.29) is 16.5 Å². The Morgan fingerprint density at radius 1 is 1.53 bits per heavy atom. The third-order valence-corrected chi connectivity index (χ3v) is 2.32. The van der Waals surface area contributed by atoms with Crippen molar-refractivity contribution in [1.29, 1.82) is 0 Å². The van der Waals surface area contributed by atoms with Crippen LogP contribution in [0.15, 0.2) is 18.2 Å². The first kappa shape index (κ1) is 11.5. The van der Waals surface area contributed by atoms with Gasteiger partial charge in [-0.3, -0.25) is 9.89 Å². The van der Waals surface area contributed by atoms with Crippen molar-refractivity contribution < 1.29 is 9.18 Å². The van der Waals surface area contributed by atoms with Crippen molar-refractivity contribution in [2.24, 2.45) is 0 Å². The number of H-pyrrole nitrogens is 1. The molecule has 1 heterocycles. The van der Waals surface area contributed by atoms with Crippen LogP contribution in [-0.4, -0.2) is 21.1 Å². The van der Waals surface area contributed by atoms with E-state index in [0.717, 1.165) is 0 Å². The van der Waals surface area contributed by atoms with Crippen LogP contribution in [0.3, 0.4) is 0 Å². The first-order valence-corrected chi connectivity index (χ1v) is 5.10. The van der Waals surface area contributed by atoms with Crippen molar-refractivity contribution in [1.82, 2.24) is 15.2 Å². The van der Waals surface area contributed by atoms with Crippen molar-refractivity contribution in [2.75, 3.05) is 5.32 Å². The van der Waals surface area contributed by atoms with Crippen LogP contribution < -0.4 is 5.32 Å². The number of aromatic nitrogens is 3. The second-order valence-electron chi connectivity index (χ2n) is 3.30. The van der Waals surface area contributed by atoms with E-state index in [2.05, 4.69) is 20.5 Å². The van der Waals surface area contributed by atoms with E-state index in [1.54, 1.807) is 6.92 Å². The van der Waals surface area contributed by atoms with Crippen molar-refractivity contribution in [3.05, 3.63) is 40.7 Å². The fraction of sp³-hybridized carbons (Fsp3) is 0.100. The van der Waals surface area contributed by atoms with Crippen LogP contribution in [0.4, 0.5) is 10.1 Å². The average molecular weight is 255 g/mol. The van der Waals surface area contributed by atoms with E-state index < -0.39 is 11.7 Å². The maximum atomic E-state index is 13.4. The molecule has 88 valence electrons. The quantitative estimate of drug-likeness (QED) is 0.863. The molecule has 0 atom stereocenters. The smallest absolute Gasteiger partial charge is 0.295 e. The minimum atomic E-state index is -0.624. The van der Waals surface area contributed by atoms with Gasteiger partial charge in [0.2, 0.25) is 5.82 Å². The first-order valence-electron chi connectivity index (χ1n) is 4.72. The molecule has 0 fully saturated rings. The van der Waals surface area contributed by atoms with E-state index >= 15 is 0 Å². The van der Waals surface area contributed by atoms with Crippen molar-refractivity contribution in [3.63, 3.8) is 0 Å². The maximum absolute atomic E-state index is 13.4. The Morgan fingerprint density at radius 2 is 2.29 bits per heavy atom. The molecule has 0 aliphatic carbocycles. The minimum absolute atomic E-state index is 0.0678. The third-order valence-electron chi connectivity index (χ3n) is 2.00. The number of hydrogen-bond donors (Lipinski definition) is 2. The zero-order valence-electron chi connectivity index (χ0n) is 8.79. The Kier molecular flexibility index (Phi) is 3.06. The first-order chi connectivity index (χ1) is 8.08. The molecule has 0 aliphatic rings. The molecule has 0 spiro atoms. The number of aryl methyl sites for hydroxylation is 1. The van der Waals surface area contributed by atoms with Crippen LogP contribution in [-0.2, 0) is 0 Å². The molecular weight excluding hydrogens is 247 g/mol. The summed E-state index contributed by atoms with van der Waals surface area (Å²) in [5.41, 5.74) is -0.0818. The number of anilines is 1. The minimum Gasteiger partial charge on any atom is -0.315 e. The summed E-state index contributed by atoms with van der Waals surface area (Å²) in [6.45, 7) is 1.65. The van der Waals surface area contributed by atoms with Crippen LogP contribution >= 0.6 is 11.6 Å². The highest BCUT2D eigenvalue weighted by Crippen LogP contribution is 2.24. The molecule has 1 aromatic heterocycles. The summed E-state index contributed by atoms with van der Waals surface area (Å²) in [6, 6.07) is 4.12. The van der Waals surface area contributed by atoms with Crippen molar-refractivity contribution in [3.8, 4) is 0 Å². The summed E-state index contributed by atoms with van der Waals surface area (Å²) in [5.74, 6) is -0.809. The Labute approximate surface area is 101 Å². The van der Waals surface area contributed by atoms with Gasteiger partial charge in [-0.05, 0) is 19.1 Å². The van der Waals surface area contributed by atoms with E-state index in [9.17, 15) is 9.18 Å². The van der Waals surface area contributed by atoms with Gasteiger partial charge in [-0.15, -0.1) is 5.10 Å². The average Bonchev–Trinajstić information content (AvgIpc) is 2.70. The summed E-state index contributed by atoms with van der Waals surface area (Å²) < 4.78 is 13.4.